The summed E-state index contributed by atoms with van der Waals surface area (Å²) in [5.74, 6) is -0.167. The average molecular weight is 331 g/mol. The molecule has 1 N–H and O–H groups in total. The highest BCUT2D eigenvalue weighted by Gasteiger charge is 2.31. The summed E-state index contributed by atoms with van der Waals surface area (Å²) in [5.41, 5.74) is 0. The highest BCUT2D eigenvalue weighted by Crippen LogP contribution is 2.20. The van der Waals surface area contributed by atoms with Crippen molar-refractivity contribution in [1.82, 2.24) is 14.5 Å². The van der Waals surface area contributed by atoms with E-state index in [9.17, 15) is 13.2 Å². The van der Waals surface area contributed by atoms with Crippen LogP contribution in [0.3, 0.4) is 0 Å². The van der Waals surface area contributed by atoms with Crippen molar-refractivity contribution in [2.24, 2.45) is 5.92 Å². The van der Waals surface area contributed by atoms with E-state index in [1.165, 1.54) is 17.0 Å². The van der Waals surface area contributed by atoms with Crippen LogP contribution < -0.4 is 5.32 Å². The van der Waals surface area contributed by atoms with Crippen LogP contribution in [0.2, 0.25) is 0 Å². The lowest BCUT2D eigenvalue weighted by atomic mass is 9.97. The molecule has 0 aromatic carbocycles. The quantitative estimate of drug-likeness (QED) is 0.803. The van der Waals surface area contributed by atoms with Crippen LogP contribution >= 0.6 is 0 Å². The van der Waals surface area contributed by atoms with Gasteiger partial charge in [0.05, 0.1) is 12.2 Å². The first-order valence-corrected chi connectivity index (χ1v) is 10.2. The molecule has 0 saturated carbocycles. The van der Waals surface area contributed by atoms with Gasteiger partial charge in [0, 0.05) is 32.2 Å². The molecule has 1 atom stereocenters. The molecule has 2 aliphatic heterocycles. The zero-order valence-corrected chi connectivity index (χ0v) is 14.6. The zero-order valence-electron chi connectivity index (χ0n) is 13.8. The van der Waals surface area contributed by atoms with E-state index < -0.39 is 10.0 Å². The van der Waals surface area contributed by atoms with Crippen LogP contribution in [0.4, 0.5) is 0 Å². The molecule has 0 spiro atoms. The number of likely N-dealkylation sites (tertiary alicyclic amines) is 1. The van der Waals surface area contributed by atoms with Crippen molar-refractivity contribution < 1.29 is 13.2 Å². The number of sulfonamides is 1. The molecule has 2 aliphatic rings. The molecule has 1 amide bonds. The lowest BCUT2D eigenvalue weighted by molar-refractivity contribution is -0.127. The lowest BCUT2D eigenvalue weighted by Crippen LogP contribution is -2.50. The van der Waals surface area contributed by atoms with Gasteiger partial charge in [0.15, 0.2) is 0 Å². The Bertz CT molecular complexity index is 472. The predicted molar refractivity (Wildman–Crippen MR) is 87.0 cm³/mol. The third kappa shape index (κ3) is 4.93. The molecule has 0 aromatic rings. The maximum Gasteiger partial charge on any atom is 0.224 e. The minimum Gasteiger partial charge on any atom is -0.353 e. The Morgan fingerprint density at radius 2 is 1.86 bits per heavy atom. The molecule has 7 heteroatoms. The Morgan fingerprint density at radius 3 is 2.45 bits per heavy atom. The highest BCUT2D eigenvalue weighted by molar-refractivity contribution is 7.88. The van der Waals surface area contributed by atoms with Crippen molar-refractivity contribution in [1.29, 1.82) is 0 Å². The van der Waals surface area contributed by atoms with Crippen molar-refractivity contribution in [3.63, 3.8) is 0 Å². The number of carbonyl (C=O) groups is 1. The second kappa shape index (κ2) is 7.75. The van der Waals surface area contributed by atoms with Gasteiger partial charge in [0.1, 0.15) is 0 Å². The van der Waals surface area contributed by atoms with E-state index in [4.69, 9.17) is 0 Å². The van der Waals surface area contributed by atoms with Crippen LogP contribution in [-0.2, 0) is 14.8 Å². The molecule has 0 radical (unpaired) electrons. The minimum absolute atomic E-state index is 0.0299. The number of hydrogen-bond donors (Lipinski definition) is 1. The maximum atomic E-state index is 12.4. The Balaban J connectivity index is 1.80. The summed E-state index contributed by atoms with van der Waals surface area (Å²) < 4.78 is 24.7. The monoisotopic (exact) mass is 331 g/mol. The smallest absolute Gasteiger partial charge is 0.224 e. The predicted octanol–water partition coefficient (Wildman–Crippen LogP) is 0.649. The fourth-order valence-corrected chi connectivity index (χ4v) is 4.31. The summed E-state index contributed by atoms with van der Waals surface area (Å²) >= 11 is 0. The molecule has 2 saturated heterocycles. The number of piperidine rings is 2. The second-order valence-corrected chi connectivity index (χ2v) is 8.57. The van der Waals surface area contributed by atoms with E-state index >= 15 is 0 Å². The fourth-order valence-electron chi connectivity index (χ4n) is 3.39. The van der Waals surface area contributed by atoms with E-state index in [1.807, 2.05) is 0 Å². The van der Waals surface area contributed by atoms with Gasteiger partial charge in [-0.25, -0.2) is 12.7 Å². The summed E-state index contributed by atoms with van der Waals surface area (Å²) in [5, 5.41) is 3.14. The molecule has 1 unspecified atom stereocenters. The standard InChI is InChI=1S/C15H29N3O3S/c1-3-8-17-10-6-14(7-11-17)16-15(19)13-5-4-9-18(12-13)22(2,20)21/h13-14H,3-12H2,1-2H3,(H,16,19). The molecule has 6 nitrogen and oxygen atoms in total. The van der Waals surface area contributed by atoms with Crippen LogP contribution in [-0.4, -0.2) is 68.6 Å². The van der Waals surface area contributed by atoms with E-state index in [1.54, 1.807) is 0 Å². The maximum absolute atomic E-state index is 12.4. The van der Waals surface area contributed by atoms with Gasteiger partial charge in [-0.05, 0) is 38.6 Å². The van der Waals surface area contributed by atoms with Crippen LogP contribution in [0.1, 0.15) is 39.0 Å². The van der Waals surface area contributed by atoms with Crippen LogP contribution in [0.15, 0.2) is 0 Å². The van der Waals surface area contributed by atoms with Crippen molar-refractivity contribution in [2.75, 3.05) is 39.0 Å². The minimum atomic E-state index is -3.19. The van der Waals surface area contributed by atoms with Crippen molar-refractivity contribution in [3.8, 4) is 0 Å². The van der Waals surface area contributed by atoms with Gasteiger partial charge in [0.2, 0.25) is 15.9 Å². The Morgan fingerprint density at radius 1 is 1.18 bits per heavy atom. The topological polar surface area (TPSA) is 69.7 Å². The van der Waals surface area contributed by atoms with Gasteiger partial charge in [-0.2, -0.15) is 0 Å². The number of nitrogens with zero attached hydrogens (tertiary/aromatic N) is 2. The van der Waals surface area contributed by atoms with Crippen LogP contribution in [0.25, 0.3) is 0 Å². The summed E-state index contributed by atoms with van der Waals surface area (Å²) in [6.07, 6.45) is 5.92. The number of hydrogen-bond acceptors (Lipinski definition) is 4. The Labute approximate surface area is 134 Å². The van der Waals surface area contributed by atoms with E-state index in [0.29, 0.717) is 13.1 Å². The third-order valence-electron chi connectivity index (χ3n) is 4.70. The Hall–Kier alpha value is -0.660. The van der Waals surface area contributed by atoms with E-state index in [2.05, 4.69) is 17.1 Å². The van der Waals surface area contributed by atoms with Crippen molar-refractivity contribution in [3.05, 3.63) is 0 Å². The zero-order chi connectivity index (χ0) is 16.2. The molecular weight excluding hydrogens is 302 g/mol. The van der Waals surface area contributed by atoms with Crippen molar-refractivity contribution in [2.45, 2.75) is 45.1 Å². The van der Waals surface area contributed by atoms with Gasteiger partial charge in [-0.1, -0.05) is 6.92 Å². The number of amides is 1. The van der Waals surface area contributed by atoms with E-state index in [0.717, 1.165) is 45.3 Å². The first-order chi connectivity index (χ1) is 10.4. The normalized spacial score (nSPS) is 26.0. The molecular formula is C15H29N3O3S. The number of nitrogens with one attached hydrogen (secondary N) is 1. The average Bonchev–Trinajstić information content (AvgIpc) is 2.49. The lowest BCUT2D eigenvalue weighted by Gasteiger charge is -2.34. The largest absolute Gasteiger partial charge is 0.353 e. The molecule has 0 aromatic heterocycles. The van der Waals surface area contributed by atoms with Crippen LogP contribution in [0, 0.1) is 5.92 Å². The van der Waals surface area contributed by atoms with Crippen molar-refractivity contribution >= 4 is 15.9 Å². The second-order valence-electron chi connectivity index (χ2n) is 6.58. The molecule has 2 rings (SSSR count). The summed E-state index contributed by atoms with van der Waals surface area (Å²) in [6, 6.07) is 0.245. The molecule has 128 valence electrons. The first kappa shape index (κ1) is 17.7. The first-order valence-electron chi connectivity index (χ1n) is 8.38. The summed E-state index contributed by atoms with van der Waals surface area (Å²) in [4.78, 5) is 14.8. The van der Waals surface area contributed by atoms with Gasteiger partial charge >= 0.3 is 0 Å². The van der Waals surface area contributed by atoms with Gasteiger partial charge < -0.3 is 10.2 Å². The molecule has 2 heterocycles. The fraction of sp³-hybridized carbons (Fsp3) is 0.933. The van der Waals surface area contributed by atoms with E-state index in [-0.39, 0.29) is 17.9 Å². The molecule has 2 fully saturated rings. The van der Waals surface area contributed by atoms with Gasteiger partial charge in [0.25, 0.3) is 0 Å². The number of carbonyl (C=O) groups excluding carboxylic acids is 1. The van der Waals surface area contributed by atoms with Gasteiger partial charge in [-0.3, -0.25) is 4.79 Å². The highest BCUT2D eigenvalue weighted by atomic mass is 32.2. The molecule has 0 aliphatic carbocycles. The van der Waals surface area contributed by atoms with Gasteiger partial charge in [-0.15, -0.1) is 0 Å². The third-order valence-corrected chi connectivity index (χ3v) is 5.97. The Kier molecular flexibility index (Phi) is 6.23. The number of rotatable bonds is 5. The molecule has 22 heavy (non-hydrogen) atoms. The summed E-state index contributed by atoms with van der Waals surface area (Å²) in [6.45, 7) is 6.27. The SMILES string of the molecule is CCCN1CCC(NC(=O)C2CCCN(S(C)(=O)=O)C2)CC1. The van der Waals surface area contributed by atoms with Crippen LogP contribution in [0.5, 0.6) is 0 Å². The summed E-state index contributed by atoms with van der Waals surface area (Å²) in [7, 11) is -3.19. The molecule has 0 bridgehead atoms.